The van der Waals surface area contributed by atoms with Crippen LogP contribution in [0.4, 0.5) is 5.69 Å². The summed E-state index contributed by atoms with van der Waals surface area (Å²) < 4.78 is 28.9. The van der Waals surface area contributed by atoms with Gasteiger partial charge in [0.2, 0.25) is 10.0 Å². The van der Waals surface area contributed by atoms with Crippen molar-refractivity contribution in [2.75, 3.05) is 11.9 Å². The monoisotopic (exact) mass is 463 g/mol. The Balaban J connectivity index is 0.00000259. The van der Waals surface area contributed by atoms with Crippen LogP contribution < -0.4 is 5.32 Å². The SMILES string of the molecule is O=C(Nc1cccc2cc(S(=O)(=O)N3CCCC4CCCC3C4)ccc12)c1ccccn1.[CH2]. The fourth-order valence-electron chi connectivity index (χ4n) is 5.17. The minimum absolute atomic E-state index is 0. The maximum absolute atomic E-state index is 13.6. The molecule has 0 spiro atoms. The first-order chi connectivity index (χ1) is 15.5. The first kappa shape index (κ1) is 23.4. The molecule has 1 aromatic heterocycles. The van der Waals surface area contributed by atoms with E-state index in [1.165, 1.54) is 6.42 Å². The van der Waals surface area contributed by atoms with Crippen LogP contribution in [0, 0.1) is 13.3 Å². The lowest BCUT2D eigenvalue weighted by Crippen LogP contribution is -2.41. The van der Waals surface area contributed by atoms with E-state index in [1.807, 2.05) is 18.2 Å². The second-order valence-corrected chi connectivity index (χ2v) is 10.7. The number of aromatic nitrogens is 1. The third kappa shape index (κ3) is 4.66. The van der Waals surface area contributed by atoms with Gasteiger partial charge in [0, 0.05) is 29.9 Å². The standard InChI is InChI=1S/C25H27N3O3S.CH2/c29-25(24-10-1-2-14-26-24)27-23-11-4-8-19-17-21(12-13-22(19)23)32(30,31)28-15-5-7-18-6-3-9-20(28)16-18;/h1-2,4,8,10-14,17-18,20H,3,5-7,9,15-16H2,(H,27,29);1H2. The minimum atomic E-state index is -3.57. The van der Waals surface area contributed by atoms with Crippen molar-refractivity contribution in [3.8, 4) is 0 Å². The molecule has 1 amide bonds. The van der Waals surface area contributed by atoms with Crippen LogP contribution in [-0.4, -0.2) is 36.2 Å². The second-order valence-electron chi connectivity index (χ2n) is 8.80. The zero-order valence-corrected chi connectivity index (χ0v) is 19.4. The van der Waals surface area contributed by atoms with Gasteiger partial charge in [0.15, 0.2) is 0 Å². The molecule has 2 fully saturated rings. The number of sulfonamides is 1. The van der Waals surface area contributed by atoms with Gasteiger partial charge in [-0.1, -0.05) is 44.5 Å². The predicted octanol–water partition coefficient (Wildman–Crippen LogP) is 5.16. The van der Waals surface area contributed by atoms with Crippen LogP contribution in [-0.2, 0) is 10.0 Å². The normalized spacial score (nSPS) is 21.1. The molecule has 1 N–H and O–H groups in total. The highest BCUT2D eigenvalue weighted by molar-refractivity contribution is 7.89. The molecule has 172 valence electrons. The summed E-state index contributed by atoms with van der Waals surface area (Å²) in [5.74, 6) is 0.363. The van der Waals surface area contributed by atoms with Crippen molar-refractivity contribution in [3.05, 3.63) is 73.9 Å². The van der Waals surface area contributed by atoms with E-state index in [1.54, 1.807) is 46.9 Å². The van der Waals surface area contributed by atoms with E-state index in [0.29, 0.717) is 28.7 Å². The molecule has 2 atom stereocenters. The predicted molar refractivity (Wildman–Crippen MR) is 130 cm³/mol. The van der Waals surface area contributed by atoms with Gasteiger partial charge in [0.05, 0.1) is 4.90 Å². The molecule has 1 aliphatic heterocycles. The Morgan fingerprint density at radius 1 is 1.00 bits per heavy atom. The molecule has 1 saturated carbocycles. The van der Waals surface area contributed by atoms with Gasteiger partial charge < -0.3 is 5.32 Å². The Bertz CT molecular complexity index is 1240. The molecule has 1 saturated heterocycles. The number of rotatable bonds is 4. The quantitative estimate of drug-likeness (QED) is 0.580. The highest BCUT2D eigenvalue weighted by Crippen LogP contribution is 2.37. The molecule has 2 heterocycles. The van der Waals surface area contributed by atoms with E-state index < -0.39 is 10.0 Å². The van der Waals surface area contributed by atoms with Gasteiger partial charge in [-0.15, -0.1) is 0 Å². The van der Waals surface area contributed by atoms with Crippen LogP contribution in [0.5, 0.6) is 0 Å². The summed E-state index contributed by atoms with van der Waals surface area (Å²) in [6, 6.07) is 16.0. The average Bonchev–Trinajstić information content (AvgIpc) is 2.96. The Morgan fingerprint density at radius 2 is 1.85 bits per heavy atom. The molecule has 7 heteroatoms. The number of carbonyl (C=O) groups excluding carboxylic acids is 1. The number of amides is 1. The molecule has 6 nitrogen and oxygen atoms in total. The molecule has 2 bridgehead atoms. The highest BCUT2D eigenvalue weighted by Gasteiger charge is 2.36. The number of nitrogens with one attached hydrogen (secondary N) is 1. The Kier molecular flexibility index (Phi) is 6.81. The molecular formula is C26H29N3O3S. The van der Waals surface area contributed by atoms with Crippen molar-refractivity contribution in [2.24, 2.45) is 5.92 Å². The number of carbonyl (C=O) groups is 1. The molecule has 3 aromatic rings. The van der Waals surface area contributed by atoms with Gasteiger partial charge in [-0.3, -0.25) is 9.78 Å². The number of pyridine rings is 1. The third-order valence-electron chi connectivity index (χ3n) is 6.76. The Morgan fingerprint density at radius 3 is 2.67 bits per heavy atom. The zero-order valence-electron chi connectivity index (χ0n) is 18.6. The maximum Gasteiger partial charge on any atom is 0.274 e. The molecule has 5 rings (SSSR count). The summed E-state index contributed by atoms with van der Waals surface area (Å²) in [7, 11) is -3.57. The number of benzene rings is 2. The minimum Gasteiger partial charge on any atom is -0.320 e. The molecule has 33 heavy (non-hydrogen) atoms. The van der Waals surface area contributed by atoms with Crippen molar-refractivity contribution in [1.82, 2.24) is 9.29 Å². The van der Waals surface area contributed by atoms with Crippen LogP contribution in [0.25, 0.3) is 10.8 Å². The van der Waals surface area contributed by atoms with Crippen LogP contribution >= 0.6 is 0 Å². The number of hydrogen-bond donors (Lipinski definition) is 1. The summed E-state index contributed by atoms with van der Waals surface area (Å²) in [5, 5.41) is 4.47. The fraction of sp³-hybridized carbons (Fsp3) is 0.346. The number of nitrogens with zero attached hydrogens (tertiary/aromatic N) is 2. The summed E-state index contributed by atoms with van der Waals surface area (Å²) in [6.45, 7) is 0.599. The van der Waals surface area contributed by atoms with Crippen LogP contribution in [0.3, 0.4) is 0 Å². The molecule has 2 unspecified atom stereocenters. The smallest absolute Gasteiger partial charge is 0.274 e. The maximum atomic E-state index is 13.6. The highest BCUT2D eigenvalue weighted by atomic mass is 32.2. The molecule has 2 aromatic carbocycles. The van der Waals surface area contributed by atoms with E-state index in [0.717, 1.165) is 42.9 Å². The van der Waals surface area contributed by atoms with Crippen LogP contribution in [0.2, 0.25) is 0 Å². The zero-order chi connectivity index (χ0) is 22.1. The first-order valence-electron chi connectivity index (χ1n) is 11.3. The summed E-state index contributed by atoms with van der Waals surface area (Å²) >= 11 is 0. The molecule has 2 aliphatic rings. The van der Waals surface area contributed by atoms with Crippen LogP contribution in [0.1, 0.15) is 49.0 Å². The summed E-state index contributed by atoms with van der Waals surface area (Å²) in [5.41, 5.74) is 0.961. The van der Waals surface area contributed by atoms with Gasteiger partial charge in [0.1, 0.15) is 5.69 Å². The third-order valence-corrected chi connectivity index (χ3v) is 8.71. The first-order valence-corrected chi connectivity index (χ1v) is 12.7. The van der Waals surface area contributed by atoms with E-state index in [-0.39, 0.29) is 19.4 Å². The largest absolute Gasteiger partial charge is 0.320 e. The van der Waals surface area contributed by atoms with Gasteiger partial charge >= 0.3 is 0 Å². The van der Waals surface area contributed by atoms with E-state index in [2.05, 4.69) is 10.3 Å². The fourth-order valence-corrected chi connectivity index (χ4v) is 6.91. The van der Waals surface area contributed by atoms with E-state index in [9.17, 15) is 13.2 Å². The van der Waals surface area contributed by atoms with Crippen molar-refractivity contribution < 1.29 is 13.2 Å². The summed E-state index contributed by atoms with van der Waals surface area (Å²) in [6.07, 6.45) is 7.90. The molecule has 2 radical (unpaired) electrons. The Hall–Kier alpha value is -2.77. The van der Waals surface area contributed by atoms with Gasteiger partial charge in [0.25, 0.3) is 5.91 Å². The number of anilines is 1. The van der Waals surface area contributed by atoms with Crippen molar-refractivity contribution >= 4 is 32.4 Å². The van der Waals surface area contributed by atoms with E-state index >= 15 is 0 Å². The topological polar surface area (TPSA) is 79.4 Å². The van der Waals surface area contributed by atoms with Crippen molar-refractivity contribution in [2.45, 2.75) is 49.5 Å². The summed E-state index contributed by atoms with van der Waals surface area (Å²) in [4.78, 5) is 17.0. The Labute approximate surface area is 196 Å². The molecule has 1 aliphatic carbocycles. The van der Waals surface area contributed by atoms with Crippen LogP contribution in [0.15, 0.2) is 65.7 Å². The van der Waals surface area contributed by atoms with Crippen molar-refractivity contribution in [3.63, 3.8) is 0 Å². The molecular weight excluding hydrogens is 434 g/mol. The second kappa shape index (κ2) is 9.61. The lowest BCUT2D eigenvalue weighted by Gasteiger charge is -2.33. The van der Waals surface area contributed by atoms with Gasteiger partial charge in [-0.25, -0.2) is 8.42 Å². The van der Waals surface area contributed by atoms with Crippen molar-refractivity contribution in [1.29, 1.82) is 0 Å². The van der Waals surface area contributed by atoms with Gasteiger partial charge in [-0.05, 0) is 67.3 Å². The van der Waals surface area contributed by atoms with Gasteiger partial charge in [-0.2, -0.15) is 4.31 Å². The lowest BCUT2D eigenvalue weighted by molar-refractivity contribution is 0.102. The number of hydrogen-bond acceptors (Lipinski definition) is 4. The van der Waals surface area contributed by atoms with E-state index in [4.69, 9.17) is 0 Å². The number of fused-ring (bicyclic) bond motifs is 3. The lowest BCUT2D eigenvalue weighted by atomic mass is 9.84. The average molecular weight is 464 g/mol.